The van der Waals surface area contributed by atoms with Crippen LogP contribution in [0.3, 0.4) is 0 Å². The first kappa shape index (κ1) is 16.2. The zero-order chi connectivity index (χ0) is 16.8. The van der Waals surface area contributed by atoms with Crippen LogP contribution in [-0.4, -0.2) is 48.8 Å². The molecule has 0 saturated carbocycles. The van der Waals surface area contributed by atoms with Crippen molar-refractivity contribution in [2.45, 2.75) is 6.92 Å². The van der Waals surface area contributed by atoms with Crippen LogP contribution >= 0.6 is 0 Å². The van der Waals surface area contributed by atoms with Crippen molar-refractivity contribution < 1.29 is 14.3 Å². The SMILES string of the molecule is CCOc1ncccc1C(=O)Nc1ccc(N2CCOCC2)cn1. The van der Waals surface area contributed by atoms with Crippen LogP contribution in [0.15, 0.2) is 36.7 Å². The first-order valence-corrected chi connectivity index (χ1v) is 7.96. The van der Waals surface area contributed by atoms with E-state index in [1.165, 1.54) is 0 Å². The third-order valence-corrected chi connectivity index (χ3v) is 3.66. The molecule has 0 bridgehead atoms. The van der Waals surface area contributed by atoms with Crippen molar-refractivity contribution in [2.75, 3.05) is 43.1 Å². The summed E-state index contributed by atoms with van der Waals surface area (Å²) < 4.78 is 10.7. The Hall–Kier alpha value is -2.67. The first-order chi connectivity index (χ1) is 11.8. The number of nitrogens with one attached hydrogen (secondary N) is 1. The lowest BCUT2D eigenvalue weighted by Crippen LogP contribution is -2.36. The van der Waals surface area contributed by atoms with Gasteiger partial charge in [-0.2, -0.15) is 0 Å². The van der Waals surface area contributed by atoms with Crippen LogP contribution < -0.4 is 15.0 Å². The van der Waals surface area contributed by atoms with Crippen LogP contribution in [0.25, 0.3) is 0 Å². The number of ether oxygens (including phenoxy) is 2. The van der Waals surface area contributed by atoms with Gasteiger partial charge in [-0.05, 0) is 31.2 Å². The minimum atomic E-state index is -0.293. The Morgan fingerprint density at radius 2 is 2.12 bits per heavy atom. The summed E-state index contributed by atoms with van der Waals surface area (Å²) in [6.45, 7) is 5.44. The van der Waals surface area contributed by atoms with Gasteiger partial charge in [0.05, 0.1) is 31.7 Å². The number of pyridine rings is 2. The van der Waals surface area contributed by atoms with Crippen LogP contribution in [0.1, 0.15) is 17.3 Å². The molecule has 2 aromatic heterocycles. The van der Waals surface area contributed by atoms with Gasteiger partial charge in [0, 0.05) is 19.3 Å². The lowest BCUT2D eigenvalue weighted by atomic mass is 10.2. The van der Waals surface area contributed by atoms with Gasteiger partial charge in [-0.3, -0.25) is 4.79 Å². The number of aromatic nitrogens is 2. The van der Waals surface area contributed by atoms with Crippen LogP contribution in [0.2, 0.25) is 0 Å². The number of hydrogen-bond acceptors (Lipinski definition) is 6. The Morgan fingerprint density at radius 3 is 2.83 bits per heavy atom. The summed E-state index contributed by atoms with van der Waals surface area (Å²) in [6, 6.07) is 7.11. The fraction of sp³-hybridized carbons (Fsp3) is 0.353. The van der Waals surface area contributed by atoms with Crippen molar-refractivity contribution in [3.05, 3.63) is 42.2 Å². The van der Waals surface area contributed by atoms with Crippen molar-refractivity contribution in [3.8, 4) is 5.88 Å². The molecular weight excluding hydrogens is 308 g/mol. The minimum Gasteiger partial charge on any atom is -0.477 e. The highest BCUT2D eigenvalue weighted by Crippen LogP contribution is 2.19. The number of morpholine rings is 1. The fourth-order valence-electron chi connectivity index (χ4n) is 2.47. The molecule has 2 aromatic rings. The minimum absolute atomic E-state index is 0.293. The van der Waals surface area contributed by atoms with Gasteiger partial charge in [0.2, 0.25) is 5.88 Å². The van der Waals surface area contributed by atoms with Crippen LogP contribution in [0.4, 0.5) is 11.5 Å². The molecule has 0 aromatic carbocycles. The second-order valence-electron chi connectivity index (χ2n) is 5.24. The summed E-state index contributed by atoms with van der Waals surface area (Å²) in [7, 11) is 0. The van der Waals surface area contributed by atoms with E-state index in [9.17, 15) is 4.79 Å². The van der Waals surface area contributed by atoms with Gasteiger partial charge in [0.15, 0.2) is 0 Å². The van der Waals surface area contributed by atoms with E-state index in [0.717, 1.165) is 32.0 Å². The summed E-state index contributed by atoms with van der Waals surface area (Å²) in [5, 5.41) is 2.77. The molecule has 3 rings (SSSR count). The van der Waals surface area contributed by atoms with E-state index in [4.69, 9.17) is 9.47 Å². The third kappa shape index (κ3) is 3.80. The zero-order valence-electron chi connectivity index (χ0n) is 13.6. The van der Waals surface area contributed by atoms with Crippen molar-refractivity contribution in [1.29, 1.82) is 0 Å². The van der Waals surface area contributed by atoms with Gasteiger partial charge in [0.25, 0.3) is 5.91 Å². The molecule has 1 fully saturated rings. The Labute approximate surface area is 140 Å². The highest BCUT2D eigenvalue weighted by molar-refractivity contribution is 6.05. The van der Waals surface area contributed by atoms with E-state index < -0.39 is 0 Å². The Balaban J connectivity index is 1.68. The molecule has 1 saturated heterocycles. The van der Waals surface area contributed by atoms with Crippen molar-refractivity contribution in [3.63, 3.8) is 0 Å². The molecule has 1 amide bonds. The summed E-state index contributed by atoms with van der Waals surface area (Å²) in [6.07, 6.45) is 3.35. The average Bonchev–Trinajstić information content (AvgIpc) is 2.64. The number of carbonyl (C=O) groups is 1. The molecule has 1 N–H and O–H groups in total. The van der Waals surface area contributed by atoms with Gasteiger partial charge in [-0.1, -0.05) is 0 Å². The second-order valence-corrected chi connectivity index (χ2v) is 5.24. The zero-order valence-corrected chi connectivity index (χ0v) is 13.6. The molecule has 0 atom stereocenters. The number of anilines is 2. The van der Waals surface area contributed by atoms with Crippen molar-refractivity contribution in [1.82, 2.24) is 9.97 Å². The predicted molar refractivity (Wildman–Crippen MR) is 90.6 cm³/mol. The maximum Gasteiger partial charge on any atom is 0.262 e. The molecule has 7 heteroatoms. The topological polar surface area (TPSA) is 76.6 Å². The second kappa shape index (κ2) is 7.74. The molecule has 0 spiro atoms. The monoisotopic (exact) mass is 328 g/mol. The summed E-state index contributed by atoms with van der Waals surface area (Å²) in [4.78, 5) is 23.0. The Kier molecular flexibility index (Phi) is 5.22. The molecule has 126 valence electrons. The number of carbonyl (C=O) groups excluding carboxylic acids is 1. The molecule has 1 aliphatic rings. The summed E-state index contributed by atoms with van der Waals surface area (Å²) in [5.74, 6) is 0.518. The van der Waals surface area contributed by atoms with Gasteiger partial charge in [-0.15, -0.1) is 0 Å². The number of hydrogen-bond donors (Lipinski definition) is 1. The highest BCUT2D eigenvalue weighted by Gasteiger charge is 2.15. The molecule has 7 nitrogen and oxygen atoms in total. The maximum atomic E-state index is 12.4. The molecule has 24 heavy (non-hydrogen) atoms. The standard InChI is InChI=1S/C17H20N4O3/c1-2-24-17-14(4-3-7-18-17)16(22)20-15-6-5-13(12-19-15)21-8-10-23-11-9-21/h3-7,12H,2,8-11H2,1H3,(H,19,20,22). The van der Waals surface area contributed by atoms with E-state index in [0.29, 0.717) is 23.9 Å². The largest absolute Gasteiger partial charge is 0.477 e. The number of amides is 1. The van der Waals surface area contributed by atoms with Crippen LogP contribution in [0, 0.1) is 0 Å². The fourth-order valence-corrected chi connectivity index (χ4v) is 2.47. The Morgan fingerprint density at radius 1 is 1.29 bits per heavy atom. The molecule has 3 heterocycles. The first-order valence-electron chi connectivity index (χ1n) is 7.96. The van der Waals surface area contributed by atoms with Gasteiger partial charge >= 0.3 is 0 Å². The smallest absolute Gasteiger partial charge is 0.262 e. The third-order valence-electron chi connectivity index (χ3n) is 3.66. The van der Waals surface area contributed by atoms with E-state index in [-0.39, 0.29) is 5.91 Å². The highest BCUT2D eigenvalue weighted by atomic mass is 16.5. The molecule has 0 unspecified atom stereocenters. The predicted octanol–water partition coefficient (Wildman–Crippen LogP) is 1.96. The van der Waals surface area contributed by atoms with E-state index in [1.54, 1.807) is 30.6 Å². The number of nitrogens with zero attached hydrogens (tertiary/aromatic N) is 3. The average molecular weight is 328 g/mol. The van der Waals surface area contributed by atoms with E-state index in [2.05, 4.69) is 20.2 Å². The van der Waals surface area contributed by atoms with E-state index >= 15 is 0 Å². The van der Waals surface area contributed by atoms with Crippen molar-refractivity contribution >= 4 is 17.4 Å². The lowest BCUT2D eigenvalue weighted by molar-refractivity contribution is 0.102. The summed E-state index contributed by atoms with van der Waals surface area (Å²) in [5.41, 5.74) is 1.41. The van der Waals surface area contributed by atoms with Crippen molar-refractivity contribution in [2.24, 2.45) is 0 Å². The Bertz CT molecular complexity index is 684. The lowest BCUT2D eigenvalue weighted by Gasteiger charge is -2.28. The molecule has 1 aliphatic heterocycles. The number of rotatable bonds is 5. The quantitative estimate of drug-likeness (QED) is 0.904. The van der Waals surface area contributed by atoms with E-state index in [1.807, 2.05) is 13.0 Å². The van der Waals surface area contributed by atoms with Gasteiger partial charge in [0.1, 0.15) is 11.4 Å². The molecule has 0 aliphatic carbocycles. The van der Waals surface area contributed by atoms with Gasteiger partial charge < -0.3 is 19.7 Å². The van der Waals surface area contributed by atoms with Gasteiger partial charge in [-0.25, -0.2) is 9.97 Å². The van der Waals surface area contributed by atoms with Crippen LogP contribution in [0.5, 0.6) is 5.88 Å². The van der Waals surface area contributed by atoms with Crippen LogP contribution in [-0.2, 0) is 4.74 Å². The molecule has 0 radical (unpaired) electrons. The maximum absolute atomic E-state index is 12.4. The molecular formula is C17H20N4O3. The summed E-state index contributed by atoms with van der Waals surface area (Å²) >= 11 is 0. The normalized spacial score (nSPS) is 14.3.